The number of nitrogens with one attached hydrogen (secondary N) is 2. The Labute approximate surface area is 163 Å². The van der Waals surface area contributed by atoms with Crippen molar-refractivity contribution in [1.82, 2.24) is 25.4 Å². The van der Waals surface area contributed by atoms with E-state index in [1.54, 1.807) is 18.8 Å². The lowest BCUT2D eigenvalue weighted by Crippen LogP contribution is -2.39. The van der Waals surface area contributed by atoms with Crippen molar-refractivity contribution in [3.8, 4) is 0 Å². The molecule has 0 bridgehead atoms. The molecule has 0 amide bonds. The number of rotatable bonds is 6. The molecule has 2 N–H and O–H groups in total. The van der Waals surface area contributed by atoms with Crippen molar-refractivity contribution in [3.05, 3.63) is 47.0 Å². The first-order chi connectivity index (χ1) is 11.1. The third-order valence-corrected chi connectivity index (χ3v) is 3.64. The monoisotopic (exact) mass is 464 g/mol. The van der Waals surface area contributed by atoms with Gasteiger partial charge in [-0.05, 0) is 17.7 Å². The van der Waals surface area contributed by atoms with E-state index in [4.69, 9.17) is 16.3 Å². The van der Waals surface area contributed by atoms with E-state index in [1.165, 1.54) is 6.33 Å². The highest BCUT2D eigenvalue weighted by Gasteiger charge is 2.12. The van der Waals surface area contributed by atoms with E-state index in [1.807, 2.05) is 31.3 Å². The molecule has 1 heterocycles. The van der Waals surface area contributed by atoms with Gasteiger partial charge in [-0.15, -0.1) is 24.0 Å². The Kier molecular flexibility index (Phi) is 9.01. The SMILES string of the molecule is CN=C(NCc1ncnn1C)NCC(OC)c1cccc(Cl)c1.I. The van der Waals surface area contributed by atoms with Gasteiger partial charge in [-0.2, -0.15) is 5.10 Å². The van der Waals surface area contributed by atoms with Gasteiger partial charge in [-0.25, -0.2) is 4.98 Å². The summed E-state index contributed by atoms with van der Waals surface area (Å²) in [7, 11) is 5.23. The van der Waals surface area contributed by atoms with Crippen molar-refractivity contribution in [2.75, 3.05) is 20.7 Å². The summed E-state index contributed by atoms with van der Waals surface area (Å²) in [6.45, 7) is 1.10. The number of hydrogen-bond donors (Lipinski definition) is 2. The summed E-state index contributed by atoms with van der Waals surface area (Å²) in [6.07, 6.45) is 1.40. The quantitative estimate of drug-likeness (QED) is 0.389. The van der Waals surface area contributed by atoms with Crippen LogP contribution in [-0.2, 0) is 18.3 Å². The van der Waals surface area contributed by atoms with Crippen molar-refractivity contribution in [3.63, 3.8) is 0 Å². The van der Waals surface area contributed by atoms with Gasteiger partial charge in [0.15, 0.2) is 5.96 Å². The molecular formula is C15H22ClIN6O. The first-order valence-electron chi connectivity index (χ1n) is 7.19. The summed E-state index contributed by atoms with van der Waals surface area (Å²) in [5, 5.41) is 11.1. The maximum absolute atomic E-state index is 6.03. The maximum atomic E-state index is 6.03. The summed E-state index contributed by atoms with van der Waals surface area (Å²) in [5.74, 6) is 1.49. The van der Waals surface area contributed by atoms with Gasteiger partial charge in [0.05, 0.1) is 12.6 Å². The van der Waals surface area contributed by atoms with Gasteiger partial charge >= 0.3 is 0 Å². The zero-order valence-corrected chi connectivity index (χ0v) is 16.9. The molecule has 0 aliphatic carbocycles. The molecule has 0 aliphatic rings. The summed E-state index contributed by atoms with van der Waals surface area (Å²) in [4.78, 5) is 8.35. The zero-order chi connectivity index (χ0) is 16.7. The Morgan fingerprint density at radius 2 is 2.21 bits per heavy atom. The molecule has 0 spiro atoms. The predicted molar refractivity (Wildman–Crippen MR) is 106 cm³/mol. The molecule has 132 valence electrons. The van der Waals surface area contributed by atoms with Crippen LogP contribution < -0.4 is 10.6 Å². The average molecular weight is 465 g/mol. The van der Waals surface area contributed by atoms with Crippen LogP contribution in [0.15, 0.2) is 35.6 Å². The van der Waals surface area contributed by atoms with Gasteiger partial charge in [-0.1, -0.05) is 23.7 Å². The number of halogens is 2. The standard InChI is InChI=1S/C15H21ClN6O.HI/c1-17-15(19-9-14-20-10-21-22(14)2)18-8-13(23-3)11-5-4-6-12(16)7-11;/h4-7,10,13H,8-9H2,1-3H3,(H2,17,18,19);1H. The molecule has 0 fully saturated rings. The highest BCUT2D eigenvalue weighted by Crippen LogP contribution is 2.19. The highest BCUT2D eigenvalue weighted by molar-refractivity contribution is 14.0. The molecule has 0 saturated carbocycles. The van der Waals surface area contributed by atoms with E-state index >= 15 is 0 Å². The molecule has 1 unspecified atom stereocenters. The zero-order valence-electron chi connectivity index (χ0n) is 13.9. The summed E-state index contributed by atoms with van der Waals surface area (Å²) >= 11 is 6.03. The van der Waals surface area contributed by atoms with Gasteiger partial charge in [0, 0.05) is 32.8 Å². The van der Waals surface area contributed by atoms with Crippen LogP contribution in [0.25, 0.3) is 0 Å². The van der Waals surface area contributed by atoms with E-state index in [2.05, 4.69) is 25.7 Å². The smallest absolute Gasteiger partial charge is 0.191 e. The molecule has 2 aromatic rings. The lowest BCUT2D eigenvalue weighted by Gasteiger charge is -2.18. The van der Waals surface area contributed by atoms with Crippen molar-refractivity contribution in [2.45, 2.75) is 12.6 Å². The first-order valence-corrected chi connectivity index (χ1v) is 7.57. The fourth-order valence-electron chi connectivity index (χ4n) is 2.10. The number of methoxy groups -OCH3 is 1. The summed E-state index contributed by atoms with van der Waals surface area (Å²) in [5.41, 5.74) is 1.01. The number of nitrogens with zero attached hydrogens (tertiary/aromatic N) is 4. The summed E-state index contributed by atoms with van der Waals surface area (Å²) < 4.78 is 7.24. The van der Waals surface area contributed by atoms with Crippen molar-refractivity contribution >= 4 is 41.5 Å². The number of guanidine groups is 1. The molecule has 9 heteroatoms. The highest BCUT2D eigenvalue weighted by atomic mass is 127. The third kappa shape index (κ3) is 5.91. The minimum atomic E-state index is -0.123. The topological polar surface area (TPSA) is 76.4 Å². The van der Waals surface area contributed by atoms with Crippen LogP contribution in [0.2, 0.25) is 5.02 Å². The van der Waals surface area contributed by atoms with Crippen LogP contribution in [0.5, 0.6) is 0 Å². The minimum Gasteiger partial charge on any atom is -0.375 e. The number of aliphatic imine (C=N–C) groups is 1. The fraction of sp³-hybridized carbons (Fsp3) is 0.400. The van der Waals surface area contributed by atoms with Crippen LogP contribution in [0, 0.1) is 0 Å². The van der Waals surface area contributed by atoms with Crippen molar-refractivity contribution < 1.29 is 4.74 Å². The van der Waals surface area contributed by atoms with Gasteiger partial charge in [0.1, 0.15) is 12.2 Å². The largest absolute Gasteiger partial charge is 0.375 e. The lowest BCUT2D eigenvalue weighted by atomic mass is 10.1. The Balaban J connectivity index is 0.00000288. The molecule has 7 nitrogen and oxygen atoms in total. The maximum Gasteiger partial charge on any atom is 0.191 e. The predicted octanol–water partition coefficient (Wildman–Crippen LogP) is 2.14. The molecule has 2 rings (SSSR count). The van der Waals surface area contributed by atoms with Crippen molar-refractivity contribution in [1.29, 1.82) is 0 Å². The van der Waals surface area contributed by atoms with Gasteiger partial charge in [-0.3, -0.25) is 9.67 Å². The van der Waals surface area contributed by atoms with E-state index < -0.39 is 0 Å². The van der Waals surface area contributed by atoms with Crippen LogP contribution in [0.4, 0.5) is 0 Å². The second-order valence-corrected chi connectivity index (χ2v) is 5.32. The number of benzene rings is 1. The normalized spacial score (nSPS) is 12.4. The second kappa shape index (κ2) is 10.5. The van der Waals surface area contributed by atoms with Crippen LogP contribution in [0.1, 0.15) is 17.5 Å². The Morgan fingerprint density at radius 1 is 1.42 bits per heavy atom. The molecular weight excluding hydrogens is 443 g/mol. The van der Waals surface area contributed by atoms with Crippen molar-refractivity contribution in [2.24, 2.45) is 12.0 Å². The molecule has 1 aromatic carbocycles. The first kappa shape index (κ1) is 20.7. The van der Waals surface area contributed by atoms with E-state index in [0.29, 0.717) is 24.1 Å². The number of aromatic nitrogens is 3. The minimum absolute atomic E-state index is 0. The second-order valence-electron chi connectivity index (χ2n) is 4.89. The Hall–Kier alpha value is -1.39. The molecule has 24 heavy (non-hydrogen) atoms. The van der Waals surface area contributed by atoms with Gasteiger partial charge < -0.3 is 15.4 Å². The van der Waals surface area contributed by atoms with Crippen LogP contribution in [0.3, 0.4) is 0 Å². The lowest BCUT2D eigenvalue weighted by molar-refractivity contribution is 0.106. The third-order valence-electron chi connectivity index (χ3n) is 3.40. The molecule has 0 saturated heterocycles. The van der Waals surface area contributed by atoms with Gasteiger partial charge in [0.2, 0.25) is 0 Å². The Bertz CT molecular complexity index is 663. The number of hydrogen-bond acceptors (Lipinski definition) is 4. The molecule has 1 aromatic heterocycles. The average Bonchev–Trinajstić information content (AvgIpc) is 2.96. The van der Waals surface area contributed by atoms with Crippen LogP contribution >= 0.6 is 35.6 Å². The molecule has 0 aliphatic heterocycles. The Morgan fingerprint density at radius 3 is 2.79 bits per heavy atom. The number of ether oxygens (including phenoxy) is 1. The van der Waals surface area contributed by atoms with Crippen LogP contribution in [-0.4, -0.2) is 41.4 Å². The van der Waals surface area contributed by atoms with Gasteiger partial charge in [0.25, 0.3) is 0 Å². The van der Waals surface area contributed by atoms with E-state index in [-0.39, 0.29) is 30.1 Å². The molecule has 1 atom stereocenters. The molecule has 0 radical (unpaired) electrons. The fourth-order valence-corrected chi connectivity index (χ4v) is 2.30. The summed E-state index contributed by atoms with van der Waals surface area (Å²) in [6, 6.07) is 7.63. The van der Waals surface area contributed by atoms with E-state index in [0.717, 1.165) is 11.4 Å². The van der Waals surface area contributed by atoms with E-state index in [9.17, 15) is 0 Å². The number of aryl methyl sites for hydroxylation is 1.